The first-order valence-corrected chi connectivity index (χ1v) is 16.7. The molecule has 3 aliphatic heterocycles. The van der Waals surface area contributed by atoms with Gasteiger partial charge in [0.2, 0.25) is 0 Å². The number of alkyl halides is 5. The van der Waals surface area contributed by atoms with E-state index >= 15 is 4.39 Å². The van der Waals surface area contributed by atoms with E-state index in [4.69, 9.17) is 15.0 Å². The summed E-state index contributed by atoms with van der Waals surface area (Å²) in [6, 6.07) is 9.31. The molecular formula is C34H35F6N9O3. The summed E-state index contributed by atoms with van der Waals surface area (Å²) in [4.78, 5) is 34.8. The molecule has 12 nitrogen and oxygen atoms in total. The van der Waals surface area contributed by atoms with Crippen molar-refractivity contribution in [2.45, 2.75) is 50.4 Å². The third kappa shape index (κ3) is 6.60. The van der Waals surface area contributed by atoms with Gasteiger partial charge >= 0.3 is 12.1 Å². The van der Waals surface area contributed by atoms with E-state index in [1.54, 1.807) is 24.0 Å². The number of nitrogens with zero attached hydrogens (tertiary/aromatic N) is 6. The first kappa shape index (κ1) is 35.4. The highest BCUT2D eigenvalue weighted by molar-refractivity contribution is 5.94. The van der Waals surface area contributed by atoms with Crippen LogP contribution in [-0.2, 0) is 17.8 Å². The number of piperidine rings is 1. The number of hydrogen-bond acceptors (Lipinski definition) is 9. The van der Waals surface area contributed by atoms with Gasteiger partial charge in [-0.1, -0.05) is 12.1 Å². The Morgan fingerprint density at radius 2 is 1.87 bits per heavy atom. The monoisotopic (exact) mass is 731 g/mol. The predicted octanol–water partition coefficient (Wildman–Crippen LogP) is 4.62. The quantitative estimate of drug-likeness (QED) is 0.199. The second-order valence-corrected chi connectivity index (χ2v) is 13.5. The van der Waals surface area contributed by atoms with Gasteiger partial charge < -0.3 is 26.0 Å². The number of carboxylic acid groups (broad SMARTS) is 1. The summed E-state index contributed by atoms with van der Waals surface area (Å²) in [6.45, 7) is 1.91. The number of carbonyl (C=O) groups excluding carboxylic acids is 1. The van der Waals surface area contributed by atoms with E-state index in [0.29, 0.717) is 73.9 Å². The molecule has 1 spiro atoms. The maximum absolute atomic E-state index is 15.6. The van der Waals surface area contributed by atoms with Crippen LogP contribution in [0.3, 0.4) is 0 Å². The van der Waals surface area contributed by atoms with E-state index in [1.165, 1.54) is 6.07 Å². The fourth-order valence-corrected chi connectivity index (χ4v) is 7.08. The smallest absolute Gasteiger partial charge is 0.475 e. The molecule has 1 aliphatic carbocycles. The zero-order chi connectivity index (χ0) is 37.0. The molecule has 0 atom stereocenters. The minimum atomic E-state index is -5.08. The molecule has 1 amide bonds. The van der Waals surface area contributed by atoms with E-state index in [0.717, 1.165) is 29.8 Å². The van der Waals surface area contributed by atoms with Gasteiger partial charge in [0.1, 0.15) is 11.5 Å². The van der Waals surface area contributed by atoms with Crippen LogP contribution in [0.15, 0.2) is 42.7 Å². The minimum absolute atomic E-state index is 0.205. The van der Waals surface area contributed by atoms with Crippen molar-refractivity contribution in [3.8, 4) is 11.3 Å². The molecule has 2 saturated heterocycles. The van der Waals surface area contributed by atoms with Crippen molar-refractivity contribution >= 4 is 34.7 Å². The molecule has 276 valence electrons. The highest BCUT2D eigenvalue weighted by atomic mass is 19.4. The standard InChI is InChI=1S/C32H34F3N9O.C2HF3O2/c1-36-24-12-27(41-44-26(14-39-29(24)44)30(45)40-20-5-6-20)43-10-7-21-22(3-2-4-25(21)43)28-23(33)11-19(13-38-28)15-42-17-31(18-42)8-9-37-16-32(31,34)35;3-2(4,5)1(6)7/h2-4,11-14,20,36-37H,5-10,15-18H2,1H3,(H,40,45);(H,6,7). The fraction of sp³-hybridized carbons (Fsp3) is 0.441. The van der Waals surface area contributed by atoms with E-state index in [1.807, 2.05) is 29.2 Å². The lowest BCUT2D eigenvalue weighted by atomic mass is 9.69. The molecule has 4 aliphatic rings. The average Bonchev–Trinajstić information content (AvgIpc) is 3.61. The molecule has 18 heteroatoms. The number of anilines is 3. The first-order chi connectivity index (χ1) is 24.7. The summed E-state index contributed by atoms with van der Waals surface area (Å²) in [6.07, 6.45) is 1.16. The van der Waals surface area contributed by atoms with Crippen molar-refractivity contribution < 1.29 is 41.0 Å². The lowest BCUT2D eigenvalue weighted by Gasteiger charge is -2.56. The number of carboxylic acids is 1. The first-order valence-electron chi connectivity index (χ1n) is 16.7. The van der Waals surface area contributed by atoms with Crippen LogP contribution in [0, 0.1) is 11.2 Å². The average molecular weight is 732 g/mol. The minimum Gasteiger partial charge on any atom is -0.475 e. The SMILES string of the molecule is CNc1cc(N2CCc3c(-c4ncc(CN5CC6(CCNCC6(F)F)C5)cc4F)cccc32)nn2c(C(=O)NC3CC3)cnc12.O=C(O)C(F)(F)F. The van der Waals surface area contributed by atoms with Gasteiger partial charge in [-0.15, -0.1) is 5.10 Å². The largest absolute Gasteiger partial charge is 0.490 e. The summed E-state index contributed by atoms with van der Waals surface area (Å²) < 4.78 is 78.1. The molecule has 0 unspecified atom stereocenters. The van der Waals surface area contributed by atoms with Crippen LogP contribution < -0.4 is 20.9 Å². The number of nitrogens with one attached hydrogen (secondary N) is 3. The van der Waals surface area contributed by atoms with Crippen LogP contribution in [-0.4, -0.2) is 99.4 Å². The number of amides is 1. The van der Waals surface area contributed by atoms with Gasteiger partial charge in [0.25, 0.3) is 11.8 Å². The summed E-state index contributed by atoms with van der Waals surface area (Å²) in [5, 5.41) is 20.9. The summed E-state index contributed by atoms with van der Waals surface area (Å²) >= 11 is 0. The van der Waals surface area contributed by atoms with Crippen LogP contribution >= 0.6 is 0 Å². The Kier molecular flexibility index (Phi) is 9.01. The van der Waals surface area contributed by atoms with Gasteiger partial charge in [0.05, 0.1) is 23.8 Å². The van der Waals surface area contributed by atoms with Crippen molar-refractivity contribution in [1.82, 2.24) is 35.1 Å². The summed E-state index contributed by atoms with van der Waals surface area (Å²) in [5.74, 6) is -5.51. The molecule has 3 fully saturated rings. The third-order valence-electron chi connectivity index (χ3n) is 9.93. The van der Waals surface area contributed by atoms with Crippen molar-refractivity contribution in [2.24, 2.45) is 5.41 Å². The molecular weight excluding hydrogens is 696 g/mol. The molecule has 1 aromatic carbocycles. The Labute approximate surface area is 293 Å². The lowest BCUT2D eigenvalue weighted by Crippen LogP contribution is -2.69. The lowest BCUT2D eigenvalue weighted by molar-refractivity contribution is -0.205. The molecule has 52 heavy (non-hydrogen) atoms. The normalized spacial score (nSPS) is 19.1. The number of likely N-dealkylation sites (tertiary alicyclic amines) is 1. The zero-order valence-corrected chi connectivity index (χ0v) is 27.9. The number of hydrogen-bond donors (Lipinski definition) is 4. The fourth-order valence-electron chi connectivity index (χ4n) is 7.08. The molecule has 0 radical (unpaired) electrons. The van der Waals surface area contributed by atoms with E-state index in [2.05, 4.69) is 30.8 Å². The number of aliphatic carboxylic acids is 1. The molecule has 8 rings (SSSR count). The number of aromatic nitrogens is 4. The van der Waals surface area contributed by atoms with Gasteiger partial charge in [0.15, 0.2) is 17.2 Å². The van der Waals surface area contributed by atoms with Crippen LogP contribution in [0.4, 0.5) is 43.5 Å². The predicted molar refractivity (Wildman–Crippen MR) is 177 cm³/mol. The second-order valence-electron chi connectivity index (χ2n) is 13.5. The molecule has 1 saturated carbocycles. The number of pyridine rings is 1. The topological polar surface area (TPSA) is 140 Å². The number of fused-ring (bicyclic) bond motifs is 2. The van der Waals surface area contributed by atoms with E-state index in [9.17, 15) is 26.7 Å². The van der Waals surface area contributed by atoms with Crippen molar-refractivity contribution in [1.29, 1.82) is 0 Å². The Morgan fingerprint density at radius 1 is 1.12 bits per heavy atom. The maximum Gasteiger partial charge on any atom is 0.490 e. The van der Waals surface area contributed by atoms with Crippen molar-refractivity contribution in [3.63, 3.8) is 0 Å². The Morgan fingerprint density at radius 3 is 2.52 bits per heavy atom. The van der Waals surface area contributed by atoms with Crippen LogP contribution in [0.1, 0.15) is 40.9 Å². The number of benzene rings is 1. The second kappa shape index (κ2) is 13.2. The zero-order valence-electron chi connectivity index (χ0n) is 27.9. The molecule has 4 N–H and O–H groups in total. The van der Waals surface area contributed by atoms with Gasteiger partial charge in [-0.05, 0) is 55.5 Å². The molecule has 4 aromatic rings. The van der Waals surface area contributed by atoms with Crippen LogP contribution in [0.5, 0.6) is 0 Å². The number of carbonyl (C=O) groups is 2. The Balaban J connectivity index is 0.000000548. The van der Waals surface area contributed by atoms with Crippen molar-refractivity contribution in [3.05, 3.63) is 65.4 Å². The van der Waals surface area contributed by atoms with Gasteiger partial charge in [-0.25, -0.2) is 27.5 Å². The number of imidazole rings is 1. The van der Waals surface area contributed by atoms with E-state index < -0.39 is 29.3 Å². The van der Waals surface area contributed by atoms with Crippen molar-refractivity contribution in [2.75, 3.05) is 50.0 Å². The molecule has 3 aromatic heterocycles. The van der Waals surface area contributed by atoms with Crippen LogP contribution in [0.25, 0.3) is 16.9 Å². The summed E-state index contributed by atoms with van der Waals surface area (Å²) in [7, 11) is 1.80. The Hall–Kier alpha value is -4.97. The molecule has 0 bridgehead atoms. The highest BCUT2D eigenvalue weighted by Gasteiger charge is 2.60. The highest BCUT2D eigenvalue weighted by Crippen LogP contribution is 2.49. The van der Waals surface area contributed by atoms with Gasteiger partial charge in [-0.2, -0.15) is 13.2 Å². The number of rotatable bonds is 7. The van der Waals surface area contributed by atoms with Crippen LogP contribution in [0.2, 0.25) is 0 Å². The summed E-state index contributed by atoms with van der Waals surface area (Å²) in [5.41, 5.74) is 4.15. The molecule has 6 heterocycles. The number of halogens is 6. The van der Waals surface area contributed by atoms with Gasteiger partial charge in [0, 0.05) is 62.8 Å². The third-order valence-corrected chi connectivity index (χ3v) is 9.93. The van der Waals surface area contributed by atoms with E-state index in [-0.39, 0.29) is 24.2 Å². The Bertz CT molecular complexity index is 2030. The van der Waals surface area contributed by atoms with Gasteiger partial charge in [-0.3, -0.25) is 14.7 Å². The maximum atomic E-state index is 15.6.